The number of piperidine rings is 1. The molecule has 2 atom stereocenters. The molecule has 1 aliphatic heterocycles. The first-order chi connectivity index (χ1) is 8.93. The van der Waals surface area contributed by atoms with Gasteiger partial charge in [0.25, 0.3) is 0 Å². The van der Waals surface area contributed by atoms with E-state index in [1.165, 1.54) is 6.26 Å². The zero-order valence-corrected chi connectivity index (χ0v) is 12.2. The molecule has 0 bridgehead atoms. The van der Waals surface area contributed by atoms with Gasteiger partial charge in [0.15, 0.2) is 9.84 Å². The van der Waals surface area contributed by atoms with Crippen LogP contribution < -0.4 is 10.6 Å². The van der Waals surface area contributed by atoms with Gasteiger partial charge in [-0.05, 0) is 24.5 Å². The second-order valence-electron chi connectivity index (χ2n) is 5.16. The number of nitrogens with zero attached hydrogens (tertiary/aromatic N) is 2. The van der Waals surface area contributed by atoms with Crippen molar-refractivity contribution in [1.82, 2.24) is 4.98 Å². The Morgan fingerprint density at radius 3 is 2.89 bits per heavy atom. The lowest BCUT2D eigenvalue weighted by Gasteiger charge is -2.37. The Hall–Kier alpha value is -1.14. The quantitative estimate of drug-likeness (QED) is 0.897. The Morgan fingerprint density at radius 2 is 2.26 bits per heavy atom. The van der Waals surface area contributed by atoms with Crippen molar-refractivity contribution < 1.29 is 8.42 Å². The van der Waals surface area contributed by atoms with Crippen LogP contribution in [0.25, 0.3) is 0 Å². The fraction of sp³-hybridized carbons (Fsp3) is 0.615. The maximum absolute atomic E-state index is 11.8. The second kappa shape index (κ2) is 5.46. The average molecular weight is 283 g/mol. The zero-order chi connectivity index (χ0) is 14.0. The Labute approximate surface area is 114 Å². The van der Waals surface area contributed by atoms with Gasteiger partial charge in [0.2, 0.25) is 0 Å². The zero-order valence-electron chi connectivity index (χ0n) is 11.4. The largest absolute Gasteiger partial charge is 0.355 e. The van der Waals surface area contributed by atoms with Gasteiger partial charge in [-0.15, -0.1) is 0 Å². The van der Waals surface area contributed by atoms with Crippen LogP contribution in [0, 0.1) is 5.92 Å². The molecule has 0 amide bonds. The summed E-state index contributed by atoms with van der Waals surface area (Å²) in [5, 5.41) is 0. The van der Waals surface area contributed by atoms with E-state index in [0.29, 0.717) is 16.6 Å². The molecule has 2 unspecified atom stereocenters. The number of anilines is 1. The normalized spacial score (nSPS) is 24.5. The highest BCUT2D eigenvalue weighted by Crippen LogP contribution is 2.27. The van der Waals surface area contributed by atoms with E-state index in [1.54, 1.807) is 18.3 Å². The smallest absolute Gasteiger partial charge is 0.179 e. The van der Waals surface area contributed by atoms with Gasteiger partial charge in [0, 0.05) is 31.6 Å². The topological polar surface area (TPSA) is 76.3 Å². The van der Waals surface area contributed by atoms with E-state index >= 15 is 0 Å². The van der Waals surface area contributed by atoms with E-state index in [2.05, 4.69) is 11.9 Å². The minimum Gasteiger partial charge on any atom is -0.355 e. The molecule has 2 heterocycles. The summed E-state index contributed by atoms with van der Waals surface area (Å²) in [4.78, 5) is 6.62. The molecule has 5 nitrogen and oxygen atoms in total. The predicted octanol–water partition coefficient (Wildman–Crippen LogP) is 1.05. The molecule has 6 heteroatoms. The fourth-order valence-electron chi connectivity index (χ4n) is 2.58. The predicted molar refractivity (Wildman–Crippen MR) is 75.9 cm³/mol. The number of hydrogen-bond donors (Lipinski definition) is 1. The van der Waals surface area contributed by atoms with Crippen molar-refractivity contribution in [2.75, 3.05) is 24.2 Å². The molecule has 1 aromatic heterocycles. The molecular formula is C13H21N3O2S. The minimum atomic E-state index is -3.26. The summed E-state index contributed by atoms with van der Waals surface area (Å²) in [5.41, 5.74) is 6.09. The van der Waals surface area contributed by atoms with Gasteiger partial charge in [-0.25, -0.2) is 13.4 Å². The van der Waals surface area contributed by atoms with E-state index in [4.69, 9.17) is 5.73 Å². The van der Waals surface area contributed by atoms with Crippen molar-refractivity contribution in [2.45, 2.75) is 30.7 Å². The maximum atomic E-state index is 11.8. The first kappa shape index (κ1) is 14.3. The Balaban J connectivity index is 2.33. The molecule has 0 radical (unpaired) electrons. The van der Waals surface area contributed by atoms with E-state index < -0.39 is 9.84 Å². The van der Waals surface area contributed by atoms with E-state index in [1.807, 2.05) is 4.90 Å². The van der Waals surface area contributed by atoms with Crippen LogP contribution >= 0.6 is 0 Å². The highest BCUT2D eigenvalue weighted by molar-refractivity contribution is 7.90. The molecule has 1 fully saturated rings. The van der Waals surface area contributed by atoms with Gasteiger partial charge >= 0.3 is 0 Å². The van der Waals surface area contributed by atoms with Crippen molar-refractivity contribution in [3.05, 3.63) is 18.3 Å². The van der Waals surface area contributed by atoms with Crippen LogP contribution in [0.1, 0.15) is 19.8 Å². The van der Waals surface area contributed by atoms with Gasteiger partial charge in [-0.3, -0.25) is 0 Å². The summed E-state index contributed by atoms with van der Waals surface area (Å²) >= 11 is 0. The van der Waals surface area contributed by atoms with Crippen LogP contribution in [-0.2, 0) is 9.84 Å². The summed E-state index contributed by atoms with van der Waals surface area (Å²) in [7, 11) is -3.26. The molecule has 0 saturated carbocycles. The highest BCUT2D eigenvalue weighted by atomic mass is 32.2. The maximum Gasteiger partial charge on any atom is 0.179 e. The summed E-state index contributed by atoms with van der Waals surface area (Å²) in [6.07, 6.45) is 4.73. The number of sulfone groups is 1. The third-order valence-electron chi connectivity index (χ3n) is 3.77. The Bertz CT molecular complexity index is 545. The van der Waals surface area contributed by atoms with E-state index in [0.717, 1.165) is 25.9 Å². The number of hydrogen-bond acceptors (Lipinski definition) is 5. The molecule has 19 heavy (non-hydrogen) atoms. The lowest BCUT2D eigenvalue weighted by molar-refractivity contribution is 0.346. The monoisotopic (exact) mass is 283 g/mol. The number of rotatable bonds is 3. The molecule has 0 spiro atoms. The van der Waals surface area contributed by atoms with Crippen molar-refractivity contribution >= 4 is 15.7 Å². The van der Waals surface area contributed by atoms with Crippen molar-refractivity contribution in [2.24, 2.45) is 11.7 Å². The molecule has 2 rings (SSSR count). The van der Waals surface area contributed by atoms with E-state index in [-0.39, 0.29) is 6.04 Å². The summed E-state index contributed by atoms with van der Waals surface area (Å²) in [6.45, 7) is 3.65. The van der Waals surface area contributed by atoms with Crippen LogP contribution in [0.15, 0.2) is 23.2 Å². The molecule has 2 N–H and O–H groups in total. The molecule has 1 aliphatic rings. The molecule has 0 aromatic carbocycles. The van der Waals surface area contributed by atoms with Crippen LogP contribution in [0.3, 0.4) is 0 Å². The van der Waals surface area contributed by atoms with Gasteiger partial charge < -0.3 is 10.6 Å². The molecule has 1 saturated heterocycles. The van der Waals surface area contributed by atoms with Crippen LogP contribution in [0.5, 0.6) is 0 Å². The van der Waals surface area contributed by atoms with Gasteiger partial charge in [-0.1, -0.05) is 13.3 Å². The molecule has 1 aromatic rings. The summed E-state index contributed by atoms with van der Waals surface area (Å²) in [6, 6.07) is 3.48. The second-order valence-corrected chi connectivity index (χ2v) is 7.15. The van der Waals surface area contributed by atoms with Crippen molar-refractivity contribution in [3.63, 3.8) is 0 Å². The lowest BCUT2D eigenvalue weighted by atomic mass is 9.91. The standard InChI is InChI=1S/C13H21N3O2S/c1-3-10-9-16(8-6-11(10)14)13-12(19(2,17)18)5-4-7-15-13/h4-5,7,10-11H,3,6,8-9,14H2,1-2H3. The third-order valence-corrected chi connectivity index (χ3v) is 4.88. The highest BCUT2D eigenvalue weighted by Gasteiger charge is 2.28. The number of pyridine rings is 1. The molecular weight excluding hydrogens is 262 g/mol. The average Bonchev–Trinajstić information content (AvgIpc) is 2.38. The number of nitrogens with two attached hydrogens (primary N) is 1. The third kappa shape index (κ3) is 3.06. The van der Waals surface area contributed by atoms with E-state index in [9.17, 15) is 8.42 Å². The van der Waals surface area contributed by atoms with Crippen LogP contribution in [-0.4, -0.2) is 38.8 Å². The SMILES string of the molecule is CCC1CN(c2ncccc2S(C)(=O)=O)CCC1N. The van der Waals surface area contributed by atoms with Gasteiger partial charge in [0.05, 0.1) is 0 Å². The first-order valence-electron chi connectivity index (χ1n) is 6.59. The van der Waals surface area contributed by atoms with Crippen LogP contribution in [0.2, 0.25) is 0 Å². The molecule has 0 aliphatic carbocycles. The van der Waals surface area contributed by atoms with Crippen molar-refractivity contribution in [3.8, 4) is 0 Å². The first-order valence-corrected chi connectivity index (χ1v) is 8.48. The van der Waals surface area contributed by atoms with Crippen molar-refractivity contribution in [1.29, 1.82) is 0 Å². The Morgan fingerprint density at radius 1 is 1.53 bits per heavy atom. The summed E-state index contributed by atoms with van der Waals surface area (Å²) in [5.74, 6) is 0.957. The Kier molecular flexibility index (Phi) is 4.10. The lowest BCUT2D eigenvalue weighted by Crippen LogP contribution is -2.47. The number of aromatic nitrogens is 1. The molecule has 106 valence electrons. The van der Waals surface area contributed by atoms with Crippen LogP contribution in [0.4, 0.5) is 5.82 Å². The fourth-order valence-corrected chi connectivity index (χ4v) is 3.42. The summed E-state index contributed by atoms with van der Waals surface area (Å²) < 4.78 is 23.6. The van der Waals surface area contributed by atoms with Gasteiger partial charge in [0.1, 0.15) is 10.7 Å². The van der Waals surface area contributed by atoms with Gasteiger partial charge in [-0.2, -0.15) is 0 Å². The minimum absolute atomic E-state index is 0.201.